The Kier molecular flexibility index (Phi) is 2.35. The van der Waals surface area contributed by atoms with Crippen molar-refractivity contribution < 1.29 is 18.3 Å². The molecule has 1 unspecified atom stereocenters. The van der Waals surface area contributed by atoms with Crippen LogP contribution in [-0.4, -0.2) is 11.3 Å². The first-order chi connectivity index (χ1) is 6.86. The zero-order valence-corrected chi connectivity index (χ0v) is 9.19. The number of aryl methyl sites for hydroxylation is 1. The Labute approximate surface area is 93.0 Å². The summed E-state index contributed by atoms with van der Waals surface area (Å²) in [5, 5.41) is 9.71. The summed E-state index contributed by atoms with van der Waals surface area (Å²) in [6, 6.07) is 4.80. The Bertz CT molecular complexity index is 402. The van der Waals surface area contributed by atoms with Gasteiger partial charge in [-0.2, -0.15) is 13.2 Å². The third kappa shape index (κ3) is 1.49. The normalized spacial score (nSPS) is 25.4. The van der Waals surface area contributed by atoms with Crippen molar-refractivity contribution in [3.63, 3.8) is 0 Å². The van der Waals surface area contributed by atoms with Crippen LogP contribution in [0.5, 0.6) is 0 Å². The molecule has 82 valence electrons. The van der Waals surface area contributed by atoms with Crippen molar-refractivity contribution in [2.75, 3.05) is 0 Å². The van der Waals surface area contributed by atoms with Crippen molar-refractivity contribution in [2.24, 2.45) is 0 Å². The maximum atomic E-state index is 12.7. The summed E-state index contributed by atoms with van der Waals surface area (Å²) in [5.74, 6) is 0. The van der Waals surface area contributed by atoms with Crippen LogP contribution < -0.4 is 0 Å². The van der Waals surface area contributed by atoms with Gasteiger partial charge >= 0.3 is 6.18 Å². The van der Waals surface area contributed by atoms with E-state index >= 15 is 0 Å². The molecule has 1 aromatic rings. The van der Waals surface area contributed by atoms with Crippen LogP contribution in [0.3, 0.4) is 0 Å². The predicted molar refractivity (Wildman–Crippen MR) is 52.4 cm³/mol. The number of benzene rings is 1. The molecule has 1 N–H and O–H groups in total. The van der Waals surface area contributed by atoms with E-state index in [1.807, 2.05) is 0 Å². The molecule has 0 bridgehead atoms. The van der Waals surface area contributed by atoms with Crippen LogP contribution in [-0.2, 0) is 12.0 Å². The maximum Gasteiger partial charge on any atom is 0.421 e. The molecule has 0 amide bonds. The van der Waals surface area contributed by atoms with Gasteiger partial charge in [0, 0.05) is 10.0 Å². The Balaban J connectivity index is 2.62. The van der Waals surface area contributed by atoms with Crippen LogP contribution in [0.25, 0.3) is 0 Å². The first-order valence-electron chi connectivity index (χ1n) is 4.43. The lowest BCUT2D eigenvalue weighted by Gasteiger charge is -2.27. The van der Waals surface area contributed by atoms with Gasteiger partial charge in [0.25, 0.3) is 0 Å². The molecule has 0 spiro atoms. The van der Waals surface area contributed by atoms with E-state index < -0.39 is 11.8 Å². The standard InChI is InChI=1S/C10H8BrF3O/c11-7-3-1-2-6-4-5-9(15,8(6)7)10(12,13)14/h1-3,15H,4-5H2. The first kappa shape index (κ1) is 11.0. The number of fused-ring (bicyclic) bond motifs is 1. The van der Waals surface area contributed by atoms with Crippen LogP contribution in [0, 0.1) is 0 Å². The largest absolute Gasteiger partial charge is 0.421 e. The highest BCUT2D eigenvalue weighted by Crippen LogP contribution is 2.50. The molecule has 0 saturated carbocycles. The lowest BCUT2D eigenvalue weighted by Crippen LogP contribution is -2.40. The van der Waals surface area contributed by atoms with Gasteiger partial charge in [-0.3, -0.25) is 0 Å². The van der Waals surface area contributed by atoms with Crippen molar-refractivity contribution in [2.45, 2.75) is 24.6 Å². The number of alkyl halides is 3. The van der Waals surface area contributed by atoms with Crippen molar-refractivity contribution >= 4 is 15.9 Å². The second kappa shape index (κ2) is 3.22. The molecule has 2 rings (SSSR count). The molecule has 1 aliphatic rings. The fraction of sp³-hybridized carbons (Fsp3) is 0.400. The number of aliphatic hydroxyl groups is 1. The average molecular weight is 281 g/mol. The van der Waals surface area contributed by atoms with Crippen LogP contribution in [0.4, 0.5) is 13.2 Å². The number of hydrogen-bond donors (Lipinski definition) is 1. The van der Waals surface area contributed by atoms with Gasteiger partial charge in [-0.05, 0) is 24.5 Å². The summed E-state index contributed by atoms with van der Waals surface area (Å²) in [7, 11) is 0. The fourth-order valence-corrected chi connectivity index (χ4v) is 2.70. The minimum absolute atomic E-state index is 0.0301. The van der Waals surface area contributed by atoms with Crippen molar-refractivity contribution in [1.29, 1.82) is 0 Å². The molecule has 0 aromatic heterocycles. The van der Waals surface area contributed by atoms with Crippen LogP contribution >= 0.6 is 15.9 Å². The topological polar surface area (TPSA) is 20.2 Å². The Morgan fingerprint density at radius 3 is 2.60 bits per heavy atom. The number of halogens is 4. The van der Waals surface area contributed by atoms with Gasteiger partial charge in [-0.1, -0.05) is 28.1 Å². The Hall–Kier alpha value is -0.550. The van der Waals surface area contributed by atoms with Crippen molar-refractivity contribution in [1.82, 2.24) is 0 Å². The molecule has 0 heterocycles. The summed E-state index contributed by atoms with van der Waals surface area (Å²) in [6.07, 6.45) is -4.67. The van der Waals surface area contributed by atoms with Crippen LogP contribution in [0.2, 0.25) is 0 Å². The number of rotatable bonds is 0. The molecule has 15 heavy (non-hydrogen) atoms. The fourth-order valence-electron chi connectivity index (χ4n) is 1.96. The van der Waals surface area contributed by atoms with Gasteiger partial charge in [0.05, 0.1) is 0 Å². The van der Waals surface area contributed by atoms with Gasteiger partial charge in [-0.25, -0.2) is 0 Å². The Morgan fingerprint density at radius 1 is 1.33 bits per heavy atom. The molecule has 0 saturated heterocycles. The molecule has 1 aromatic carbocycles. The van der Waals surface area contributed by atoms with E-state index in [-0.39, 0.29) is 18.4 Å². The van der Waals surface area contributed by atoms with E-state index in [1.165, 1.54) is 6.07 Å². The molecule has 1 atom stereocenters. The lowest BCUT2D eigenvalue weighted by molar-refractivity contribution is -0.265. The van der Waals surface area contributed by atoms with Gasteiger partial charge < -0.3 is 5.11 Å². The minimum Gasteiger partial charge on any atom is -0.376 e. The Morgan fingerprint density at radius 2 is 2.00 bits per heavy atom. The molecule has 0 radical (unpaired) electrons. The zero-order chi connectivity index (χ0) is 11.3. The first-order valence-corrected chi connectivity index (χ1v) is 5.22. The summed E-state index contributed by atoms with van der Waals surface area (Å²) in [6.45, 7) is 0. The average Bonchev–Trinajstić information content (AvgIpc) is 2.45. The van der Waals surface area contributed by atoms with Crippen LogP contribution in [0.1, 0.15) is 17.5 Å². The van der Waals surface area contributed by atoms with Gasteiger partial charge in [0.2, 0.25) is 0 Å². The molecule has 0 aliphatic heterocycles. The summed E-state index contributed by atoms with van der Waals surface area (Å²) < 4.78 is 38.5. The van der Waals surface area contributed by atoms with E-state index in [0.29, 0.717) is 10.0 Å². The number of hydrogen-bond acceptors (Lipinski definition) is 1. The third-order valence-electron chi connectivity index (χ3n) is 2.74. The summed E-state index contributed by atoms with van der Waals surface area (Å²) in [4.78, 5) is 0. The second-order valence-electron chi connectivity index (χ2n) is 3.63. The third-order valence-corrected chi connectivity index (χ3v) is 3.40. The molecule has 1 aliphatic carbocycles. The van der Waals surface area contributed by atoms with E-state index in [1.54, 1.807) is 12.1 Å². The SMILES string of the molecule is OC1(C(F)(F)F)CCc2cccc(Br)c21. The monoisotopic (exact) mass is 280 g/mol. The van der Waals surface area contributed by atoms with Gasteiger partial charge in [-0.15, -0.1) is 0 Å². The maximum absolute atomic E-state index is 12.7. The van der Waals surface area contributed by atoms with Crippen molar-refractivity contribution in [3.8, 4) is 0 Å². The van der Waals surface area contributed by atoms with E-state index in [2.05, 4.69) is 15.9 Å². The quantitative estimate of drug-likeness (QED) is 0.774. The molecule has 0 fully saturated rings. The molecule has 1 nitrogen and oxygen atoms in total. The van der Waals surface area contributed by atoms with Crippen LogP contribution in [0.15, 0.2) is 22.7 Å². The molecular formula is C10H8BrF3O. The second-order valence-corrected chi connectivity index (χ2v) is 4.49. The zero-order valence-electron chi connectivity index (χ0n) is 7.61. The highest BCUT2D eigenvalue weighted by atomic mass is 79.9. The summed E-state index contributed by atoms with van der Waals surface area (Å²) in [5.41, 5.74) is -2.16. The molecule has 5 heteroatoms. The highest BCUT2D eigenvalue weighted by molar-refractivity contribution is 9.10. The van der Waals surface area contributed by atoms with Gasteiger partial charge in [0.1, 0.15) is 0 Å². The molecular weight excluding hydrogens is 273 g/mol. The minimum atomic E-state index is -4.62. The summed E-state index contributed by atoms with van der Waals surface area (Å²) >= 11 is 3.06. The van der Waals surface area contributed by atoms with E-state index in [4.69, 9.17) is 0 Å². The van der Waals surface area contributed by atoms with E-state index in [9.17, 15) is 18.3 Å². The predicted octanol–water partition coefficient (Wildman–Crippen LogP) is 3.15. The van der Waals surface area contributed by atoms with E-state index in [0.717, 1.165) is 0 Å². The lowest BCUT2D eigenvalue weighted by atomic mass is 9.95. The highest BCUT2D eigenvalue weighted by Gasteiger charge is 2.58. The smallest absolute Gasteiger partial charge is 0.376 e. The van der Waals surface area contributed by atoms with Crippen molar-refractivity contribution in [3.05, 3.63) is 33.8 Å². The van der Waals surface area contributed by atoms with Gasteiger partial charge in [0.15, 0.2) is 5.60 Å².